The highest BCUT2D eigenvalue weighted by molar-refractivity contribution is 8.14. The van der Waals surface area contributed by atoms with Crippen molar-refractivity contribution >= 4 is 22.8 Å². The second-order valence-corrected chi connectivity index (χ2v) is 8.78. The molecule has 2 aromatic rings. The van der Waals surface area contributed by atoms with E-state index in [1.165, 1.54) is 11.8 Å². The van der Waals surface area contributed by atoms with Gasteiger partial charge in [-0.15, -0.1) is 0 Å². The Kier molecular flexibility index (Phi) is 5.25. The largest absolute Gasteiger partial charge is 0.340 e. The molecule has 1 aliphatic carbocycles. The Morgan fingerprint density at radius 2 is 1.67 bits per heavy atom. The molecular weight excluding hydrogens is 358 g/mol. The molecule has 1 saturated heterocycles. The van der Waals surface area contributed by atoms with Gasteiger partial charge in [-0.05, 0) is 37.1 Å². The van der Waals surface area contributed by atoms with Gasteiger partial charge >= 0.3 is 0 Å². The van der Waals surface area contributed by atoms with Gasteiger partial charge in [-0.25, -0.2) is 0 Å². The van der Waals surface area contributed by atoms with Gasteiger partial charge in [0.1, 0.15) is 0 Å². The Morgan fingerprint density at radius 1 is 1.00 bits per heavy atom. The Labute approximate surface area is 163 Å². The molecule has 27 heavy (non-hydrogen) atoms. The molecule has 0 spiro atoms. The lowest BCUT2D eigenvalue weighted by Crippen LogP contribution is -2.54. The number of rotatable bonds is 4. The van der Waals surface area contributed by atoms with Crippen molar-refractivity contribution < 1.29 is 9.59 Å². The molecule has 5 nitrogen and oxygen atoms in total. The van der Waals surface area contributed by atoms with Crippen LogP contribution >= 0.6 is 11.8 Å². The van der Waals surface area contributed by atoms with Crippen LogP contribution < -0.4 is 0 Å². The normalized spacial score (nSPS) is 25.2. The minimum atomic E-state index is -0.0739. The lowest BCUT2D eigenvalue weighted by atomic mass is 9.83. The van der Waals surface area contributed by atoms with E-state index in [1.807, 2.05) is 41.4 Å². The molecule has 2 aromatic heterocycles. The summed E-state index contributed by atoms with van der Waals surface area (Å²) in [5, 5.41) is 0.363. The van der Waals surface area contributed by atoms with Crippen molar-refractivity contribution in [2.75, 3.05) is 13.1 Å². The minimum Gasteiger partial charge on any atom is -0.340 e. The van der Waals surface area contributed by atoms with Crippen LogP contribution in [0.15, 0.2) is 48.8 Å². The number of aromatic nitrogens is 2. The maximum Gasteiger partial charge on any atom is 0.226 e. The van der Waals surface area contributed by atoms with Crippen molar-refractivity contribution in [1.29, 1.82) is 0 Å². The quantitative estimate of drug-likeness (QED) is 0.814. The summed E-state index contributed by atoms with van der Waals surface area (Å²) < 4.78 is 0. The summed E-state index contributed by atoms with van der Waals surface area (Å²) in [7, 11) is 0. The molecular formula is C21H23N3O2S. The highest BCUT2D eigenvalue weighted by Gasteiger charge is 2.46. The standard InChI is InChI=1S/C21H23N3O2S/c1-14(25)27-15-12-24(13-15)21(26)17-9-8-16(18-6-2-4-10-22-18)20(17)19-7-3-5-11-23-19/h2-7,10-11,15-17,20H,8-9,12-13H2,1H3. The Hall–Kier alpha value is -2.21. The van der Waals surface area contributed by atoms with Crippen LogP contribution in [0.1, 0.15) is 43.0 Å². The smallest absolute Gasteiger partial charge is 0.226 e. The third kappa shape index (κ3) is 3.76. The molecule has 4 rings (SSSR count). The maximum absolute atomic E-state index is 13.2. The number of hydrogen-bond donors (Lipinski definition) is 0. The van der Waals surface area contributed by atoms with E-state index in [0.717, 1.165) is 24.2 Å². The number of amides is 1. The van der Waals surface area contributed by atoms with E-state index >= 15 is 0 Å². The van der Waals surface area contributed by atoms with Crippen molar-refractivity contribution in [1.82, 2.24) is 14.9 Å². The Bertz CT molecular complexity index is 809. The third-order valence-electron chi connectivity index (χ3n) is 5.56. The molecule has 140 valence electrons. The monoisotopic (exact) mass is 381 g/mol. The molecule has 1 saturated carbocycles. The molecule has 0 N–H and O–H groups in total. The summed E-state index contributed by atoms with van der Waals surface area (Å²) >= 11 is 1.34. The van der Waals surface area contributed by atoms with Gasteiger partial charge in [0.15, 0.2) is 5.12 Å². The van der Waals surface area contributed by atoms with E-state index in [0.29, 0.717) is 13.1 Å². The lowest BCUT2D eigenvalue weighted by Gasteiger charge is -2.40. The maximum atomic E-state index is 13.2. The predicted molar refractivity (Wildman–Crippen MR) is 105 cm³/mol. The number of carbonyl (C=O) groups is 2. The second kappa shape index (κ2) is 7.80. The van der Waals surface area contributed by atoms with Crippen LogP contribution in [0.5, 0.6) is 0 Å². The average molecular weight is 382 g/mol. The van der Waals surface area contributed by atoms with E-state index in [-0.39, 0.29) is 34.0 Å². The predicted octanol–water partition coefficient (Wildman–Crippen LogP) is 3.24. The second-order valence-electron chi connectivity index (χ2n) is 7.30. The van der Waals surface area contributed by atoms with Crippen molar-refractivity contribution in [2.45, 2.75) is 36.9 Å². The number of nitrogens with zero attached hydrogens (tertiary/aromatic N) is 3. The lowest BCUT2D eigenvalue weighted by molar-refractivity contribution is -0.139. The van der Waals surface area contributed by atoms with Gasteiger partial charge in [-0.3, -0.25) is 19.6 Å². The molecule has 1 aliphatic heterocycles. The molecule has 3 atom stereocenters. The fraction of sp³-hybridized carbons (Fsp3) is 0.429. The van der Waals surface area contributed by atoms with Crippen LogP contribution in [-0.4, -0.2) is 44.2 Å². The van der Waals surface area contributed by atoms with Crippen LogP contribution in [0.4, 0.5) is 0 Å². The molecule has 3 unspecified atom stereocenters. The van der Waals surface area contributed by atoms with E-state index in [9.17, 15) is 9.59 Å². The van der Waals surface area contributed by atoms with Gasteiger partial charge in [0, 0.05) is 66.8 Å². The molecule has 0 radical (unpaired) electrons. The first-order chi connectivity index (χ1) is 13.1. The van der Waals surface area contributed by atoms with Crippen molar-refractivity contribution in [3.8, 4) is 0 Å². The minimum absolute atomic E-state index is 0.0492. The zero-order valence-electron chi connectivity index (χ0n) is 15.3. The molecule has 2 aliphatic rings. The van der Waals surface area contributed by atoms with Crippen molar-refractivity contribution in [2.24, 2.45) is 5.92 Å². The fourth-order valence-corrected chi connectivity index (χ4v) is 5.33. The van der Waals surface area contributed by atoms with Gasteiger partial charge < -0.3 is 4.90 Å². The zero-order valence-corrected chi connectivity index (χ0v) is 16.1. The van der Waals surface area contributed by atoms with E-state index < -0.39 is 0 Å². The summed E-state index contributed by atoms with van der Waals surface area (Å²) in [4.78, 5) is 35.5. The van der Waals surface area contributed by atoms with Gasteiger partial charge in [0.2, 0.25) is 5.91 Å². The van der Waals surface area contributed by atoms with Crippen LogP contribution in [0.3, 0.4) is 0 Å². The molecule has 3 heterocycles. The number of hydrogen-bond acceptors (Lipinski definition) is 5. The number of pyridine rings is 2. The topological polar surface area (TPSA) is 63.2 Å². The van der Waals surface area contributed by atoms with Crippen LogP contribution in [0.25, 0.3) is 0 Å². The first-order valence-electron chi connectivity index (χ1n) is 9.41. The number of carbonyl (C=O) groups excluding carboxylic acids is 2. The van der Waals surface area contributed by atoms with Crippen LogP contribution in [0, 0.1) is 5.92 Å². The summed E-state index contributed by atoms with van der Waals surface area (Å²) in [5.74, 6) is 0.381. The van der Waals surface area contributed by atoms with Gasteiger partial charge in [-0.1, -0.05) is 23.9 Å². The van der Waals surface area contributed by atoms with E-state index in [1.54, 1.807) is 13.1 Å². The summed E-state index contributed by atoms with van der Waals surface area (Å²) in [5.41, 5.74) is 2.01. The molecule has 6 heteroatoms. The van der Waals surface area contributed by atoms with Gasteiger partial charge in [0.05, 0.1) is 0 Å². The summed E-state index contributed by atoms with van der Waals surface area (Å²) in [6.45, 7) is 2.92. The van der Waals surface area contributed by atoms with Crippen molar-refractivity contribution in [3.63, 3.8) is 0 Å². The van der Waals surface area contributed by atoms with Gasteiger partial charge in [-0.2, -0.15) is 0 Å². The summed E-state index contributed by atoms with van der Waals surface area (Å²) in [6, 6.07) is 11.9. The highest BCUT2D eigenvalue weighted by Crippen LogP contribution is 2.49. The number of likely N-dealkylation sites (tertiary alicyclic amines) is 1. The number of thioether (sulfide) groups is 1. The molecule has 0 bridgehead atoms. The van der Waals surface area contributed by atoms with E-state index in [4.69, 9.17) is 0 Å². The zero-order chi connectivity index (χ0) is 18.8. The molecule has 0 aromatic carbocycles. The first-order valence-corrected chi connectivity index (χ1v) is 10.3. The van der Waals surface area contributed by atoms with Crippen LogP contribution in [0.2, 0.25) is 0 Å². The third-order valence-corrected chi connectivity index (χ3v) is 6.53. The van der Waals surface area contributed by atoms with Crippen molar-refractivity contribution in [3.05, 3.63) is 60.2 Å². The van der Waals surface area contributed by atoms with Crippen LogP contribution in [-0.2, 0) is 9.59 Å². The fourth-order valence-electron chi connectivity index (χ4n) is 4.35. The average Bonchev–Trinajstić information content (AvgIpc) is 3.10. The highest BCUT2D eigenvalue weighted by atomic mass is 32.2. The van der Waals surface area contributed by atoms with E-state index in [2.05, 4.69) is 16.0 Å². The first kappa shape index (κ1) is 18.2. The summed E-state index contributed by atoms with van der Waals surface area (Å²) in [6.07, 6.45) is 5.41. The molecule has 2 fully saturated rings. The Balaban J connectivity index is 1.55. The SMILES string of the molecule is CC(=O)SC1CN(C(=O)C2CCC(c3ccccn3)C2c2ccccn2)C1. The molecule has 1 amide bonds. The Morgan fingerprint density at radius 3 is 2.26 bits per heavy atom. The van der Waals surface area contributed by atoms with Gasteiger partial charge in [0.25, 0.3) is 0 Å².